The van der Waals surface area contributed by atoms with Crippen LogP contribution in [0.1, 0.15) is 99.5 Å². The van der Waals surface area contributed by atoms with E-state index in [9.17, 15) is 48.6 Å². The third kappa shape index (κ3) is 25.0. The van der Waals surface area contributed by atoms with Gasteiger partial charge in [-0.3, -0.25) is 38.5 Å². The molecule has 0 spiro atoms. The van der Waals surface area contributed by atoms with Gasteiger partial charge < -0.3 is 97.8 Å². The second-order valence-corrected chi connectivity index (χ2v) is 27.9. The Morgan fingerprint density at radius 2 is 1.25 bits per heavy atom. The minimum Gasteiger partial charge on any atom is -0.460 e. The molecular formula is C79H104N8O27. The maximum absolute atomic E-state index is 16.7. The van der Waals surface area contributed by atoms with Crippen molar-refractivity contribution in [3.05, 3.63) is 155 Å². The van der Waals surface area contributed by atoms with E-state index in [2.05, 4.69) is 44.5 Å². The van der Waals surface area contributed by atoms with Gasteiger partial charge in [0, 0.05) is 75.2 Å². The fourth-order valence-electron chi connectivity index (χ4n) is 14.3. The third-order valence-electron chi connectivity index (χ3n) is 19.9. The number of hydrogen-bond donors (Lipinski definition) is 6. The number of Topliss-reactive ketones (excluding diaryl/α,β-unsaturated/α-hetero) is 1. The van der Waals surface area contributed by atoms with Crippen molar-refractivity contribution in [3.63, 3.8) is 0 Å². The van der Waals surface area contributed by atoms with E-state index in [1.54, 1.807) is 66.7 Å². The van der Waals surface area contributed by atoms with Crippen LogP contribution in [0, 0.1) is 16.7 Å². The number of hydrogen-bond acceptors (Lipinski definition) is 29. The summed E-state index contributed by atoms with van der Waals surface area (Å²) in [4.78, 5) is 158. The standard InChI is InChI=1S/C79H104N8O27/c1-9-32-107-73(97)57(84-75(99)108-33-10-2)26-27-61(90)81-28-34-101-38-42-105-43-39-102-35-29-82-62(91)48-87(31-37-104-41-45-106-44-40-103-36-30-83-86-80)49-63(92)112-59-46-60-78(50-109-60,114-53(5)89)68-70(113-72(96)56-24-18-13-19-25-56)79(100)47-58(51(3)64(76(79,6)7)67(110-52(4)88)69(94)77(59,68)8)111-74(98)66(93)65(54-20-14-11-15-21-54)85-71(95)55-22-16-12-17-23-55/h9-25,57-60,65-68,70,93,100H,1-2,26-50H2,3-8H3,(H,81,90)(H,82,91)(H,84,99)(H,85,95)/t57-,58-,59-,60+,65-,66+,67+,68-,70-,77+,78-,79+/m0/s1. The summed E-state index contributed by atoms with van der Waals surface area (Å²) in [6, 6.07) is 21.1. The largest absolute Gasteiger partial charge is 0.460 e. The van der Waals surface area contributed by atoms with Crippen molar-refractivity contribution in [3.8, 4) is 0 Å². The van der Waals surface area contributed by atoms with Gasteiger partial charge in [0.2, 0.25) is 11.8 Å². The maximum Gasteiger partial charge on any atom is 0.408 e. The highest BCUT2D eigenvalue weighted by Gasteiger charge is 2.79. The number of aliphatic hydroxyl groups excluding tert-OH is 1. The zero-order chi connectivity index (χ0) is 82.9. The van der Waals surface area contributed by atoms with E-state index in [-0.39, 0.29) is 154 Å². The number of benzene rings is 3. The molecule has 35 heteroatoms. The first-order chi connectivity index (χ1) is 54.7. The minimum absolute atomic E-state index is 0.0105. The second-order valence-electron chi connectivity index (χ2n) is 27.9. The van der Waals surface area contributed by atoms with Gasteiger partial charge in [-0.1, -0.05) is 111 Å². The number of esters is 6. The number of nitrogens with one attached hydrogen (secondary N) is 4. The number of ether oxygens (including phenoxy) is 14. The highest BCUT2D eigenvalue weighted by Crippen LogP contribution is 2.65. The van der Waals surface area contributed by atoms with Crippen molar-refractivity contribution < 1.29 is 129 Å². The van der Waals surface area contributed by atoms with Crippen LogP contribution in [-0.2, 0) is 105 Å². The van der Waals surface area contributed by atoms with Crippen LogP contribution < -0.4 is 21.3 Å². The molecule has 35 nitrogen and oxygen atoms in total. The molecule has 6 N–H and O–H groups in total. The minimum atomic E-state index is -2.61. The molecule has 7 rings (SSSR count). The number of amides is 4. The number of rotatable bonds is 48. The normalized spacial score (nSPS) is 22.6. The zero-order valence-corrected chi connectivity index (χ0v) is 65.0. The molecule has 0 radical (unpaired) electrons. The lowest BCUT2D eigenvalue weighted by atomic mass is 9.44. The first-order valence-electron chi connectivity index (χ1n) is 37.4. The number of carbonyl (C=O) groups excluding carboxylic acids is 11. The van der Waals surface area contributed by atoms with Crippen LogP contribution in [0.5, 0.6) is 0 Å². The van der Waals surface area contributed by atoms with Crippen LogP contribution in [0.25, 0.3) is 10.4 Å². The molecular weight excluding hydrogens is 1490 g/mol. The molecule has 0 aromatic heterocycles. The molecule has 1 saturated heterocycles. The number of ketones is 1. The van der Waals surface area contributed by atoms with E-state index in [0.29, 0.717) is 5.56 Å². The summed E-state index contributed by atoms with van der Waals surface area (Å²) in [5.74, 6) is -10.5. The average molecular weight is 1600 g/mol. The van der Waals surface area contributed by atoms with Gasteiger partial charge in [-0.2, -0.15) is 0 Å². The quantitative estimate of drug-likeness (QED) is 0.00884. The SMILES string of the molecule is C=CCOC(=O)N[C@@H](CCC(=O)NCCOCCOCCOCCNC(=O)CN(CCOCCOCCOCCN=[N+]=[N-])CC(=O)O[C@H]1C[C@H]2OC[C@@]2(OC(C)=O)[C@H]2[C@H](OC(=O)c3ccccc3)[C@]3(O)C[C@H](OC(=O)[C@H](O)[C@@H](NC(=O)c4ccccc4)c4ccccc4)C(C)=C([C@@H](OC(C)=O)C(=O)[C@]12C)C3(C)C)C(=O)OCC=C. The molecule has 3 aromatic rings. The summed E-state index contributed by atoms with van der Waals surface area (Å²) in [6.07, 6.45) is -10.3. The van der Waals surface area contributed by atoms with Gasteiger partial charge in [0.05, 0.1) is 122 Å². The lowest BCUT2D eigenvalue weighted by molar-refractivity contribution is -0.346. The van der Waals surface area contributed by atoms with E-state index in [1.807, 2.05) is 0 Å². The molecule has 4 aliphatic rings. The third-order valence-corrected chi connectivity index (χ3v) is 19.9. The van der Waals surface area contributed by atoms with Crippen molar-refractivity contribution in [2.45, 2.75) is 127 Å². The zero-order valence-electron chi connectivity index (χ0n) is 65.0. The second kappa shape index (κ2) is 45.2. The molecule has 3 aromatic carbocycles. The lowest BCUT2D eigenvalue weighted by Crippen LogP contribution is -2.82. The Balaban J connectivity index is 1.08. The van der Waals surface area contributed by atoms with E-state index in [4.69, 9.17) is 71.8 Å². The summed E-state index contributed by atoms with van der Waals surface area (Å²) in [7, 11) is 0. The van der Waals surface area contributed by atoms with Crippen LogP contribution in [0.4, 0.5) is 4.79 Å². The highest BCUT2D eigenvalue weighted by atomic mass is 16.6. The Morgan fingerprint density at radius 1 is 0.684 bits per heavy atom. The predicted molar refractivity (Wildman–Crippen MR) is 402 cm³/mol. The number of alkyl carbamates (subject to hydrolysis) is 1. The lowest BCUT2D eigenvalue weighted by Gasteiger charge is -2.67. The number of fused-ring (bicyclic) bond motifs is 5. The van der Waals surface area contributed by atoms with Crippen LogP contribution in [-0.4, -0.2) is 273 Å². The molecule has 4 amide bonds. The first-order valence-corrected chi connectivity index (χ1v) is 37.4. The number of carbonyl (C=O) groups is 11. The molecule has 1 heterocycles. The summed E-state index contributed by atoms with van der Waals surface area (Å²) in [5.41, 5.74) is 0.0556. The Morgan fingerprint density at radius 3 is 1.82 bits per heavy atom. The molecule has 3 fully saturated rings. The van der Waals surface area contributed by atoms with E-state index < -0.39 is 175 Å². The number of aliphatic hydroxyl groups is 2. The molecule has 1 aliphatic heterocycles. The summed E-state index contributed by atoms with van der Waals surface area (Å²) in [6.45, 7) is 14.9. The molecule has 622 valence electrons. The van der Waals surface area contributed by atoms with Gasteiger partial charge in [-0.15, -0.1) is 0 Å². The Kier molecular flexibility index (Phi) is 36.1. The molecule has 0 unspecified atom stereocenters. The molecule has 2 saturated carbocycles. The predicted octanol–water partition coefficient (Wildman–Crippen LogP) is 4.02. The van der Waals surface area contributed by atoms with E-state index >= 15 is 14.4 Å². The van der Waals surface area contributed by atoms with Gasteiger partial charge in [0.15, 0.2) is 23.6 Å². The van der Waals surface area contributed by atoms with Crippen LogP contribution in [0.15, 0.2) is 133 Å². The van der Waals surface area contributed by atoms with Crippen molar-refractivity contribution in [1.29, 1.82) is 0 Å². The van der Waals surface area contributed by atoms with Gasteiger partial charge in [-0.05, 0) is 66.8 Å². The summed E-state index contributed by atoms with van der Waals surface area (Å²) in [5, 5.41) is 40.5. The van der Waals surface area contributed by atoms with Crippen molar-refractivity contribution >= 4 is 65.4 Å². The van der Waals surface area contributed by atoms with Crippen molar-refractivity contribution in [2.24, 2.45) is 21.9 Å². The fourth-order valence-corrected chi connectivity index (χ4v) is 14.3. The van der Waals surface area contributed by atoms with Crippen LogP contribution in [0.2, 0.25) is 0 Å². The Labute approximate surface area is 660 Å². The fraction of sp³-hybridized carbons (Fsp3) is 0.557. The molecule has 12 atom stereocenters. The number of nitrogens with zero attached hydrogens (tertiary/aromatic N) is 4. The first kappa shape index (κ1) is 91.1. The summed E-state index contributed by atoms with van der Waals surface area (Å²) >= 11 is 0. The Hall–Kier alpha value is -10.0. The smallest absolute Gasteiger partial charge is 0.408 e. The van der Waals surface area contributed by atoms with Gasteiger partial charge in [0.1, 0.15) is 49.3 Å². The molecule has 3 aliphatic carbocycles. The maximum atomic E-state index is 16.7. The van der Waals surface area contributed by atoms with Crippen molar-refractivity contribution in [1.82, 2.24) is 26.2 Å². The van der Waals surface area contributed by atoms with E-state index in [1.165, 1.54) is 69.0 Å². The molecule has 114 heavy (non-hydrogen) atoms. The van der Waals surface area contributed by atoms with E-state index in [0.717, 1.165) is 13.8 Å². The van der Waals surface area contributed by atoms with Gasteiger partial charge >= 0.3 is 41.9 Å². The van der Waals surface area contributed by atoms with Crippen molar-refractivity contribution in [2.75, 3.05) is 138 Å². The van der Waals surface area contributed by atoms with Crippen LogP contribution in [0.3, 0.4) is 0 Å². The monoisotopic (exact) mass is 1600 g/mol. The number of azide groups is 1. The summed E-state index contributed by atoms with van der Waals surface area (Å²) < 4.78 is 81.6. The van der Waals surface area contributed by atoms with Crippen LogP contribution >= 0.6 is 0 Å². The van der Waals surface area contributed by atoms with Gasteiger partial charge in [-0.25, -0.2) is 19.2 Å². The highest BCUT2D eigenvalue weighted by molar-refractivity contribution is 5.97. The topological polar surface area (TPSA) is 458 Å². The van der Waals surface area contributed by atoms with Gasteiger partial charge in [0.25, 0.3) is 5.91 Å². The molecule has 2 bridgehead atoms. The average Bonchev–Trinajstić information content (AvgIpc) is 0.667. The Bertz CT molecular complexity index is 3850.